The normalized spacial score (nSPS) is 9.87. The molecule has 0 spiro atoms. The molecule has 0 bridgehead atoms. The van der Waals surface area contributed by atoms with Crippen LogP contribution in [0, 0.1) is 17.1 Å². The van der Waals surface area contributed by atoms with Crippen LogP contribution >= 0.6 is 23.1 Å². The zero-order valence-corrected chi connectivity index (χ0v) is 9.11. The Labute approximate surface area is 94.4 Å². The minimum atomic E-state index is -0.395. The summed E-state index contributed by atoms with van der Waals surface area (Å²) in [7, 11) is 0. The molecular formula is C10H5FN2S2. The molecule has 2 aromatic rings. The number of thiazole rings is 1. The molecule has 0 aliphatic heterocycles. The average molecular weight is 236 g/mol. The number of rotatable bonds is 2. The fourth-order valence-electron chi connectivity index (χ4n) is 1.05. The van der Waals surface area contributed by atoms with Crippen molar-refractivity contribution < 1.29 is 4.39 Å². The minimum absolute atomic E-state index is 0.328. The maximum absolute atomic E-state index is 13.1. The summed E-state index contributed by atoms with van der Waals surface area (Å²) < 4.78 is 13.9. The molecule has 0 unspecified atom stereocenters. The molecule has 5 heteroatoms. The number of aromatic nitrogens is 1. The Bertz CT molecular complexity index is 503. The number of hydrogen-bond acceptors (Lipinski definition) is 4. The highest BCUT2D eigenvalue weighted by Crippen LogP contribution is 2.30. The van der Waals surface area contributed by atoms with E-state index in [0.717, 1.165) is 4.34 Å². The standard InChI is InChI=1S/C10H5FN2S2/c11-8-3-7(6-12)4-9(5-8)15-10-13-1-2-14-10/h1-5H. The molecule has 0 aliphatic carbocycles. The van der Waals surface area contributed by atoms with Crippen molar-refractivity contribution in [1.82, 2.24) is 4.98 Å². The van der Waals surface area contributed by atoms with Gasteiger partial charge in [0.15, 0.2) is 4.34 Å². The van der Waals surface area contributed by atoms with Crippen LogP contribution in [-0.2, 0) is 0 Å². The van der Waals surface area contributed by atoms with E-state index in [1.54, 1.807) is 12.3 Å². The van der Waals surface area contributed by atoms with E-state index in [2.05, 4.69) is 4.98 Å². The first-order chi connectivity index (χ1) is 7.28. The zero-order chi connectivity index (χ0) is 10.7. The molecule has 0 N–H and O–H groups in total. The third-order valence-electron chi connectivity index (χ3n) is 1.62. The van der Waals surface area contributed by atoms with Crippen LogP contribution in [0.4, 0.5) is 4.39 Å². The van der Waals surface area contributed by atoms with Crippen molar-refractivity contribution in [1.29, 1.82) is 5.26 Å². The summed E-state index contributed by atoms with van der Waals surface area (Å²) in [5.41, 5.74) is 0.328. The second-order valence-corrected chi connectivity index (χ2v) is 4.90. The van der Waals surface area contributed by atoms with Gasteiger partial charge in [-0.3, -0.25) is 0 Å². The van der Waals surface area contributed by atoms with Gasteiger partial charge in [0.25, 0.3) is 0 Å². The lowest BCUT2D eigenvalue weighted by molar-refractivity contribution is 0.623. The first-order valence-electron chi connectivity index (χ1n) is 4.06. The largest absolute Gasteiger partial charge is 0.238 e. The van der Waals surface area contributed by atoms with Crippen LogP contribution in [-0.4, -0.2) is 4.98 Å². The summed E-state index contributed by atoms with van der Waals surface area (Å²) in [6.45, 7) is 0. The number of benzene rings is 1. The van der Waals surface area contributed by atoms with Crippen molar-refractivity contribution >= 4 is 23.1 Å². The molecule has 0 aliphatic rings. The zero-order valence-electron chi connectivity index (χ0n) is 7.48. The van der Waals surface area contributed by atoms with E-state index in [1.165, 1.54) is 35.2 Å². The lowest BCUT2D eigenvalue weighted by atomic mass is 10.2. The molecule has 0 amide bonds. The highest BCUT2D eigenvalue weighted by Gasteiger charge is 2.03. The summed E-state index contributed by atoms with van der Waals surface area (Å²) in [6, 6.07) is 6.18. The summed E-state index contributed by atoms with van der Waals surface area (Å²) >= 11 is 2.84. The van der Waals surface area contributed by atoms with Crippen LogP contribution in [0.1, 0.15) is 5.56 Å². The molecule has 0 saturated heterocycles. The van der Waals surface area contributed by atoms with Crippen molar-refractivity contribution in [2.45, 2.75) is 9.24 Å². The van der Waals surface area contributed by atoms with E-state index in [4.69, 9.17) is 5.26 Å². The molecule has 0 saturated carbocycles. The molecular weight excluding hydrogens is 231 g/mol. The van der Waals surface area contributed by atoms with E-state index in [0.29, 0.717) is 10.5 Å². The Balaban J connectivity index is 2.29. The Morgan fingerprint density at radius 3 is 2.93 bits per heavy atom. The minimum Gasteiger partial charge on any atom is -0.238 e. The van der Waals surface area contributed by atoms with Gasteiger partial charge in [-0.05, 0) is 18.2 Å². The van der Waals surface area contributed by atoms with E-state index in [1.807, 2.05) is 11.4 Å². The Kier molecular flexibility index (Phi) is 2.99. The average Bonchev–Trinajstić information content (AvgIpc) is 2.69. The second-order valence-electron chi connectivity index (χ2n) is 2.69. The molecule has 15 heavy (non-hydrogen) atoms. The maximum atomic E-state index is 13.1. The first-order valence-corrected chi connectivity index (χ1v) is 5.75. The number of nitrogens with zero attached hydrogens (tertiary/aromatic N) is 2. The van der Waals surface area contributed by atoms with E-state index >= 15 is 0 Å². The van der Waals surface area contributed by atoms with Gasteiger partial charge in [0.05, 0.1) is 11.6 Å². The summed E-state index contributed by atoms with van der Waals surface area (Å²) in [5, 5.41) is 10.5. The lowest BCUT2D eigenvalue weighted by Crippen LogP contribution is -1.81. The third-order valence-corrected chi connectivity index (χ3v) is 3.47. The predicted molar refractivity (Wildman–Crippen MR) is 57.4 cm³/mol. The van der Waals surface area contributed by atoms with Crippen LogP contribution in [0.5, 0.6) is 0 Å². The number of halogens is 1. The van der Waals surface area contributed by atoms with Gasteiger partial charge in [-0.2, -0.15) is 5.26 Å². The number of hydrogen-bond donors (Lipinski definition) is 0. The summed E-state index contributed by atoms with van der Waals surface area (Å²) in [5.74, 6) is -0.395. The molecule has 74 valence electrons. The first kappa shape index (κ1) is 10.1. The van der Waals surface area contributed by atoms with Crippen LogP contribution < -0.4 is 0 Å². The van der Waals surface area contributed by atoms with Crippen molar-refractivity contribution in [2.75, 3.05) is 0 Å². The molecule has 0 atom stereocenters. The van der Waals surface area contributed by atoms with Gasteiger partial charge >= 0.3 is 0 Å². The fraction of sp³-hybridized carbons (Fsp3) is 0. The van der Waals surface area contributed by atoms with Crippen molar-refractivity contribution in [3.63, 3.8) is 0 Å². The van der Waals surface area contributed by atoms with Crippen LogP contribution in [0.3, 0.4) is 0 Å². The van der Waals surface area contributed by atoms with Gasteiger partial charge in [0.2, 0.25) is 0 Å². The highest BCUT2D eigenvalue weighted by atomic mass is 32.2. The van der Waals surface area contributed by atoms with Gasteiger partial charge < -0.3 is 0 Å². The lowest BCUT2D eigenvalue weighted by Gasteiger charge is -1.98. The Hall–Kier alpha value is -1.38. The second kappa shape index (κ2) is 4.43. The fourth-order valence-corrected chi connectivity index (χ4v) is 2.73. The molecule has 0 radical (unpaired) electrons. The predicted octanol–water partition coefficient (Wildman–Crippen LogP) is 3.31. The Morgan fingerprint density at radius 2 is 2.27 bits per heavy atom. The van der Waals surface area contributed by atoms with E-state index in [-0.39, 0.29) is 0 Å². The van der Waals surface area contributed by atoms with Gasteiger partial charge in [-0.1, -0.05) is 11.8 Å². The van der Waals surface area contributed by atoms with Gasteiger partial charge in [0, 0.05) is 16.5 Å². The van der Waals surface area contributed by atoms with Crippen molar-refractivity contribution in [3.05, 3.63) is 41.2 Å². The van der Waals surface area contributed by atoms with Gasteiger partial charge in [-0.25, -0.2) is 9.37 Å². The quantitative estimate of drug-likeness (QED) is 0.802. The molecule has 1 heterocycles. The Morgan fingerprint density at radius 1 is 1.40 bits per heavy atom. The molecule has 2 rings (SSSR count). The van der Waals surface area contributed by atoms with Crippen LogP contribution in [0.15, 0.2) is 39.0 Å². The summed E-state index contributed by atoms with van der Waals surface area (Å²) in [6.07, 6.45) is 1.69. The van der Waals surface area contributed by atoms with Crippen molar-refractivity contribution in [2.24, 2.45) is 0 Å². The molecule has 2 nitrogen and oxygen atoms in total. The molecule has 1 aromatic heterocycles. The smallest absolute Gasteiger partial charge is 0.154 e. The van der Waals surface area contributed by atoms with Gasteiger partial charge in [0.1, 0.15) is 5.82 Å². The SMILES string of the molecule is N#Cc1cc(F)cc(Sc2nccs2)c1. The topological polar surface area (TPSA) is 36.7 Å². The van der Waals surface area contributed by atoms with Crippen LogP contribution in [0.25, 0.3) is 0 Å². The third kappa shape index (κ3) is 2.55. The van der Waals surface area contributed by atoms with E-state index in [9.17, 15) is 4.39 Å². The molecule has 1 aromatic carbocycles. The summed E-state index contributed by atoms with van der Waals surface area (Å²) in [4.78, 5) is 4.77. The van der Waals surface area contributed by atoms with Gasteiger partial charge in [-0.15, -0.1) is 11.3 Å². The number of nitriles is 1. The van der Waals surface area contributed by atoms with E-state index < -0.39 is 5.82 Å². The maximum Gasteiger partial charge on any atom is 0.154 e. The highest BCUT2D eigenvalue weighted by molar-refractivity contribution is 8.01. The molecule has 0 fully saturated rings. The van der Waals surface area contributed by atoms with Crippen molar-refractivity contribution in [3.8, 4) is 6.07 Å². The van der Waals surface area contributed by atoms with Crippen LogP contribution in [0.2, 0.25) is 0 Å². The monoisotopic (exact) mass is 236 g/mol.